The van der Waals surface area contributed by atoms with E-state index in [9.17, 15) is 4.79 Å². The number of hydrogen-bond donors (Lipinski definition) is 0. The molecule has 0 spiro atoms. The van der Waals surface area contributed by atoms with E-state index in [1.807, 2.05) is 38.1 Å². The summed E-state index contributed by atoms with van der Waals surface area (Å²) < 4.78 is 6.32. The van der Waals surface area contributed by atoms with Crippen molar-refractivity contribution in [2.24, 2.45) is 0 Å². The first-order valence-corrected chi connectivity index (χ1v) is 8.75. The summed E-state index contributed by atoms with van der Waals surface area (Å²) in [6, 6.07) is 8.01. The summed E-state index contributed by atoms with van der Waals surface area (Å²) in [4.78, 5) is 22.8. The molecule has 0 N–H and O–H groups in total. The molecule has 0 aliphatic heterocycles. The second-order valence-electron chi connectivity index (χ2n) is 6.03. The van der Waals surface area contributed by atoms with Gasteiger partial charge in [0.05, 0.1) is 21.8 Å². The molecule has 0 aliphatic rings. The minimum Gasteiger partial charge on any atom is -0.339 e. The van der Waals surface area contributed by atoms with Gasteiger partial charge in [-0.25, -0.2) is 4.98 Å². The Morgan fingerprint density at radius 3 is 2.79 bits per heavy atom. The van der Waals surface area contributed by atoms with Crippen LogP contribution in [-0.4, -0.2) is 33.0 Å². The van der Waals surface area contributed by atoms with Gasteiger partial charge in [-0.2, -0.15) is 4.98 Å². The molecule has 0 atom stereocenters. The molecule has 24 heavy (non-hydrogen) atoms. The Labute approximate surface area is 144 Å². The van der Waals surface area contributed by atoms with Crippen LogP contribution in [0.5, 0.6) is 0 Å². The molecule has 0 radical (unpaired) electrons. The van der Waals surface area contributed by atoms with Crippen LogP contribution in [0.1, 0.15) is 42.9 Å². The van der Waals surface area contributed by atoms with Gasteiger partial charge in [0.2, 0.25) is 11.8 Å². The lowest BCUT2D eigenvalue weighted by Gasteiger charge is -2.14. The lowest BCUT2D eigenvalue weighted by molar-refractivity contribution is -0.130. The molecule has 6 nitrogen and oxygen atoms in total. The average Bonchev–Trinajstić information content (AvgIpc) is 3.18. The highest BCUT2D eigenvalue weighted by molar-refractivity contribution is 7.18. The molecule has 0 unspecified atom stereocenters. The van der Waals surface area contributed by atoms with Gasteiger partial charge in [-0.3, -0.25) is 4.79 Å². The van der Waals surface area contributed by atoms with Crippen LogP contribution in [-0.2, 0) is 17.8 Å². The van der Waals surface area contributed by atoms with E-state index in [0.717, 1.165) is 15.2 Å². The Morgan fingerprint density at radius 1 is 1.29 bits per heavy atom. The molecule has 3 rings (SSSR count). The number of aryl methyl sites for hydroxylation is 1. The van der Waals surface area contributed by atoms with Crippen LogP contribution in [0.4, 0.5) is 0 Å². The highest BCUT2D eigenvalue weighted by atomic mass is 32.1. The molecule has 1 amide bonds. The van der Waals surface area contributed by atoms with Crippen molar-refractivity contribution in [2.45, 2.75) is 39.2 Å². The van der Waals surface area contributed by atoms with Gasteiger partial charge < -0.3 is 9.42 Å². The maximum Gasteiger partial charge on any atom is 0.229 e. The Hall–Kier alpha value is -2.28. The Bertz CT molecular complexity index is 807. The van der Waals surface area contributed by atoms with E-state index in [1.165, 1.54) is 0 Å². The van der Waals surface area contributed by atoms with Crippen molar-refractivity contribution < 1.29 is 9.32 Å². The number of hydrogen-bond acceptors (Lipinski definition) is 6. The molecule has 0 fully saturated rings. The predicted molar refractivity (Wildman–Crippen MR) is 92.8 cm³/mol. The molecular formula is C17H20N4O2S. The third-order valence-corrected chi connectivity index (χ3v) is 4.77. The van der Waals surface area contributed by atoms with Crippen molar-refractivity contribution in [2.75, 3.05) is 7.05 Å². The zero-order valence-electron chi connectivity index (χ0n) is 14.0. The monoisotopic (exact) mass is 344 g/mol. The minimum absolute atomic E-state index is 0.0464. The quantitative estimate of drug-likeness (QED) is 0.685. The third-order valence-electron chi connectivity index (χ3n) is 3.67. The van der Waals surface area contributed by atoms with Crippen molar-refractivity contribution in [1.82, 2.24) is 20.0 Å². The fraction of sp³-hybridized carbons (Fsp3) is 0.412. The van der Waals surface area contributed by atoms with Crippen LogP contribution in [0.15, 0.2) is 28.8 Å². The van der Waals surface area contributed by atoms with Crippen LogP contribution in [0.25, 0.3) is 10.2 Å². The number of amides is 1. The van der Waals surface area contributed by atoms with Crippen molar-refractivity contribution in [3.63, 3.8) is 0 Å². The number of aromatic nitrogens is 3. The molecule has 1 aromatic carbocycles. The molecule has 7 heteroatoms. The molecule has 3 aromatic rings. The van der Waals surface area contributed by atoms with E-state index >= 15 is 0 Å². The summed E-state index contributed by atoms with van der Waals surface area (Å²) >= 11 is 1.64. The summed E-state index contributed by atoms with van der Waals surface area (Å²) in [6.45, 7) is 4.34. The molecule has 2 heterocycles. The topological polar surface area (TPSA) is 72.1 Å². The maximum atomic E-state index is 12.3. The van der Waals surface area contributed by atoms with Gasteiger partial charge in [0.25, 0.3) is 0 Å². The molecule has 126 valence electrons. The number of rotatable bonds is 6. The maximum absolute atomic E-state index is 12.3. The number of carbonyl (C=O) groups excluding carboxylic acids is 1. The second kappa shape index (κ2) is 7.09. The predicted octanol–water partition coefficient (Wildman–Crippen LogP) is 3.39. The van der Waals surface area contributed by atoms with Crippen LogP contribution < -0.4 is 0 Å². The molecule has 0 saturated heterocycles. The van der Waals surface area contributed by atoms with Crippen LogP contribution >= 0.6 is 11.3 Å². The molecular weight excluding hydrogens is 324 g/mol. The summed E-state index contributed by atoms with van der Waals surface area (Å²) in [6.07, 6.45) is 1.07. The van der Waals surface area contributed by atoms with Crippen LogP contribution in [0.3, 0.4) is 0 Å². The van der Waals surface area contributed by atoms with Gasteiger partial charge in [-0.15, -0.1) is 11.3 Å². The number of carbonyl (C=O) groups is 1. The Balaban J connectivity index is 1.55. The van der Waals surface area contributed by atoms with Crippen molar-refractivity contribution in [3.8, 4) is 0 Å². The normalized spacial score (nSPS) is 11.3. The van der Waals surface area contributed by atoms with E-state index < -0.39 is 0 Å². The summed E-state index contributed by atoms with van der Waals surface area (Å²) in [5, 5.41) is 4.90. The van der Waals surface area contributed by atoms with Crippen molar-refractivity contribution in [1.29, 1.82) is 0 Å². The molecule has 0 bridgehead atoms. The first-order valence-electron chi connectivity index (χ1n) is 7.94. The SMILES string of the molecule is CC(C)c1nc(CN(C)C(=O)CCc2nc3ccccc3s2)no1. The molecule has 0 aliphatic carbocycles. The fourth-order valence-corrected chi connectivity index (χ4v) is 3.26. The van der Waals surface area contributed by atoms with Crippen molar-refractivity contribution >= 4 is 27.5 Å². The standard InChI is InChI=1S/C17H20N4O2S/c1-11(2)17-19-14(20-23-17)10-21(3)16(22)9-8-15-18-12-6-4-5-7-13(12)24-15/h4-7,11H,8-10H2,1-3H3. The van der Waals surface area contributed by atoms with Crippen LogP contribution in [0.2, 0.25) is 0 Å². The fourth-order valence-electron chi connectivity index (χ4n) is 2.30. The largest absolute Gasteiger partial charge is 0.339 e. The van der Waals surface area contributed by atoms with E-state index in [0.29, 0.717) is 31.1 Å². The zero-order chi connectivity index (χ0) is 17.1. The smallest absolute Gasteiger partial charge is 0.229 e. The highest BCUT2D eigenvalue weighted by Gasteiger charge is 2.15. The third kappa shape index (κ3) is 3.79. The second-order valence-corrected chi connectivity index (χ2v) is 7.14. The Morgan fingerprint density at radius 2 is 2.08 bits per heavy atom. The minimum atomic E-state index is 0.0464. The van der Waals surface area contributed by atoms with Gasteiger partial charge in [0.15, 0.2) is 5.82 Å². The van der Waals surface area contributed by atoms with Gasteiger partial charge in [-0.05, 0) is 12.1 Å². The number of thiazole rings is 1. The van der Waals surface area contributed by atoms with Gasteiger partial charge in [-0.1, -0.05) is 31.1 Å². The zero-order valence-corrected chi connectivity index (χ0v) is 14.8. The van der Waals surface area contributed by atoms with Crippen LogP contribution in [0, 0.1) is 0 Å². The summed E-state index contributed by atoms with van der Waals surface area (Å²) in [5.74, 6) is 1.37. The number of para-hydroxylation sites is 1. The van der Waals surface area contributed by atoms with Gasteiger partial charge in [0, 0.05) is 25.8 Å². The van der Waals surface area contributed by atoms with Gasteiger partial charge >= 0.3 is 0 Å². The molecule has 2 aromatic heterocycles. The number of nitrogens with zero attached hydrogens (tertiary/aromatic N) is 4. The van der Waals surface area contributed by atoms with E-state index in [1.54, 1.807) is 23.3 Å². The first kappa shape index (κ1) is 16.6. The Kier molecular flexibility index (Phi) is 4.89. The highest BCUT2D eigenvalue weighted by Crippen LogP contribution is 2.22. The number of benzene rings is 1. The van der Waals surface area contributed by atoms with Gasteiger partial charge in [0.1, 0.15) is 0 Å². The van der Waals surface area contributed by atoms with Crippen molar-refractivity contribution in [3.05, 3.63) is 41.0 Å². The summed E-state index contributed by atoms with van der Waals surface area (Å²) in [7, 11) is 1.76. The first-order chi connectivity index (χ1) is 11.5. The average molecular weight is 344 g/mol. The molecule has 0 saturated carbocycles. The number of fused-ring (bicyclic) bond motifs is 1. The lowest BCUT2D eigenvalue weighted by atomic mass is 10.2. The van der Waals surface area contributed by atoms with E-state index in [2.05, 4.69) is 15.1 Å². The summed E-state index contributed by atoms with van der Waals surface area (Å²) in [5.41, 5.74) is 0.992. The lowest BCUT2D eigenvalue weighted by Crippen LogP contribution is -2.26. The van der Waals surface area contributed by atoms with E-state index in [4.69, 9.17) is 4.52 Å². The van der Waals surface area contributed by atoms with E-state index in [-0.39, 0.29) is 11.8 Å².